The van der Waals surface area contributed by atoms with Crippen molar-refractivity contribution in [2.75, 3.05) is 19.0 Å². The first-order valence-corrected chi connectivity index (χ1v) is 10.2. The molecule has 2 aliphatic rings. The molecule has 1 aliphatic carbocycles. The first-order valence-electron chi connectivity index (χ1n) is 8.76. The molecule has 0 unspecified atom stereocenters. The maximum Gasteiger partial charge on any atom is 0.276 e. The van der Waals surface area contributed by atoms with Gasteiger partial charge in [0, 0.05) is 42.5 Å². The molecule has 0 atom stereocenters. The number of amides is 1. The lowest BCUT2D eigenvalue weighted by atomic mass is 10.1. The second-order valence-electron chi connectivity index (χ2n) is 6.67. The van der Waals surface area contributed by atoms with E-state index in [1.165, 1.54) is 19.2 Å². The van der Waals surface area contributed by atoms with E-state index in [4.69, 9.17) is 4.74 Å². The number of aromatic amines is 1. The van der Waals surface area contributed by atoms with Gasteiger partial charge in [0.2, 0.25) is 10.0 Å². The molecule has 0 spiro atoms. The van der Waals surface area contributed by atoms with E-state index in [1.54, 1.807) is 6.07 Å². The molecule has 0 radical (unpaired) electrons. The number of fused-ring (bicyclic) bond motifs is 1. The zero-order chi connectivity index (χ0) is 19.0. The van der Waals surface area contributed by atoms with Gasteiger partial charge in [0.25, 0.3) is 5.91 Å². The summed E-state index contributed by atoms with van der Waals surface area (Å²) in [6, 6.07) is 4.50. The van der Waals surface area contributed by atoms with Crippen LogP contribution in [0.15, 0.2) is 23.1 Å². The van der Waals surface area contributed by atoms with E-state index in [9.17, 15) is 13.2 Å². The van der Waals surface area contributed by atoms with E-state index < -0.39 is 10.0 Å². The number of nitrogens with one attached hydrogen (secondary N) is 4. The van der Waals surface area contributed by atoms with E-state index in [-0.39, 0.29) is 35.0 Å². The molecule has 1 aromatic heterocycles. The molecule has 1 aliphatic heterocycles. The summed E-state index contributed by atoms with van der Waals surface area (Å²) in [6.45, 7) is 1.41. The standard InChI is InChI=1S/C17H21N5O4S.ClH/c1-26-14-5-4-11(8-15(14)27(24,25)22-10-2-3-10)19-17(23)16-12-9-18-7-6-13(12)20-21-16;/h4-5,8,10,18,22H,2-3,6-7,9H2,1H3,(H,19,23)(H,20,21);1H. The predicted octanol–water partition coefficient (Wildman–Crippen LogP) is 1.18. The number of hydrogen-bond acceptors (Lipinski definition) is 6. The number of carbonyl (C=O) groups is 1. The second-order valence-corrected chi connectivity index (χ2v) is 8.35. The third kappa shape index (κ3) is 4.14. The zero-order valence-electron chi connectivity index (χ0n) is 15.2. The van der Waals surface area contributed by atoms with Crippen molar-refractivity contribution in [1.29, 1.82) is 0 Å². The van der Waals surface area contributed by atoms with Crippen molar-refractivity contribution in [3.05, 3.63) is 35.2 Å². The molecule has 1 fully saturated rings. The molecule has 152 valence electrons. The number of anilines is 1. The largest absolute Gasteiger partial charge is 0.495 e. The maximum absolute atomic E-state index is 12.6. The lowest BCUT2D eigenvalue weighted by Gasteiger charge is -2.14. The Labute approximate surface area is 169 Å². The van der Waals surface area contributed by atoms with Crippen LogP contribution in [0.25, 0.3) is 0 Å². The van der Waals surface area contributed by atoms with Crippen LogP contribution in [0.2, 0.25) is 0 Å². The normalized spacial score (nSPS) is 16.0. The predicted molar refractivity (Wildman–Crippen MR) is 106 cm³/mol. The SMILES string of the molecule is COc1ccc(NC(=O)c2n[nH]c3c2CNCC3)cc1S(=O)(=O)NC1CC1.Cl. The fourth-order valence-electron chi connectivity index (χ4n) is 3.05. The first-order chi connectivity index (χ1) is 13.0. The summed E-state index contributed by atoms with van der Waals surface area (Å²) in [7, 11) is -2.31. The van der Waals surface area contributed by atoms with E-state index in [1.807, 2.05) is 0 Å². The summed E-state index contributed by atoms with van der Waals surface area (Å²) < 4.78 is 33.0. The van der Waals surface area contributed by atoms with Crippen LogP contribution in [0.3, 0.4) is 0 Å². The van der Waals surface area contributed by atoms with Crippen LogP contribution in [-0.4, -0.2) is 44.2 Å². The number of H-pyrrole nitrogens is 1. The van der Waals surface area contributed by atoms with Gasteiger partial charge in [0.15, 0.2) is 5.69 Å². The number of carbonyl (C=O) groups excluding carboxylic acids is 1. The van der Waals surface area contributed by atoms with Crippen LogP contribution in [-0.2, 0) is 23.0 Å². The number of hydrogen-bond donors (Lipinski definition) is 4. The third-order valence-electron chi connectivity index (χ3n) is 4.63. The van der Waals surface area contributed by atoms with Gasteiger partial charge in [0.1, 0.15) is 10.6 Å². The highest BCUT2D eigenvalue weighted by Gasteiger charge is 2.30. The molecule has 2 aromatic rings. The van der Waals surface area contributed by atoms with Crippen molar-refractivity contribution in [3.63, 3.8) is 0 Å². The van der Waals surface area contributed by atoms with Gasteiger partial charge >= 0.3 is 0 Å². The van der Waals surface area contributed by atoms with E-state index in [2.05, 4.69) is 25.6 Å². The van der Waals surface area contributed by atoms with Gasteiger partial charge in [-0.25, -0.2) is 13.1 Å². The summed E-state index contributed by atoms with van der Waals surface area (Å²) in [6.07, 6.45) is 2.44. The minimum Gasteiger partial charge on any atom is -0.495 e. The Kier molecular flexibility index (Phi) is 5.94. The molecular formula is C17H22ClN5O4S. The number of halogens is 1. The Morgan fingerprint density at radius 2 is 2.11 bits per heavy atom. The molecule has 1 amide bonds. The van der Waals surface area contributed by atoms with Crippen LogP contribution in [0.4, 0.5) is 5.69 Å². The molecule has 28 heavy (non-hydrogen) atoms. The zero-order valence-corrected chi connectivity index (χ0v) is 16.9. The van der Waals surface area contributed by atoms with Crippen LogP contribution in [0, 0.1) is 0 Å². The summed E-state index contributed by atoms with van der Waals surface area (Å²) >= 11 is 0. The van der Waals surface area contributed by atoms with E-state index >= 15 is 0 Å². The Bertz CT molecular complexity index is 987. The second kappa shape index (κ2) is 8.08. The van der Waals surface area contributed by atoms with Gasteiger partial charge < -0.3 is 15.4 Å². The smallest absolute Gasteiger partial charge is 0.276 e. The maximum atomic E-state index is 12.6. The highest BCUT2D eigenvalue weighted by Crippen LogP contribution is 2.30. The van der Waals surface area contributed by atoms with Crippen LogP contribution < -0.4 is 20.1 Å². The van der Waals surface area contributed by atoms with Gasteiger partial charge in [-0.05, 0) is 31.0 Å². The van der Waals surface area contributed by atoms with Crippen molar-refractivity contribution in [2.45, 2.75) is 36.7 Å². The van der Waals surface area contributed by atoms with Gasteiger partial charge in [-0.15, -0.1) is 12.4 Å². The molecule has 1 aromatic carbocycles. The highest BCUT2D eigenvalue weighted by atomic mass is 35.5. The number of methoxy groups -OCH3 is 1. The quantitative estimate of drug-likeness (QED) is 0.548. The molecule has 1 saturated carbocycles. The Hall–Kier alpha value is -2.14. The number of benzene rings is 1. The van der Waals surface area contributed by atoms with Crippen molar-refractivity contribution in [3.8, 4) is 5.75 Å². The van der Waals surface area contributed by atoms with Crippen LogP contribution in [0.5, 0.6) is 5.75 Å². The number of nitrogens with zero attached hydrogens (tertiary/aromatic N) is 1. The van der Waals surface area contributed by atoms with E-state index in [0.29, 0.717) is 17.9 Å². The summed E-state index contributed by atoms with van der Waals surface area (Å²) in [5, 5.41) is 13.0. The number of ether oxygens (including phenoxy) is 1. The van der Waals surface area contributed by atoms with Crippen molar-refractivity contribution >= 4 is 34.0 Å². The highest BCUT2D eigenvalue weighted by molar-refractivity contribution is 7.89. The molecule has 4 rings (SSSR count). The van der Waals surface area contributed by atoms with Gasteiger partial charge in [-0.1, -0.05) is 0 Å². The van der Waals surface area contributed by atoms with Crippen molar-refractivity contribution in [2.24, 2.45) is 0 Å². The number of sulfonamides is 1. The molecule has 0 bridgehead atoms. The fraction of sp³-hybridized carbons (Fsp3) is 0.412. The molecule has 2 heterocycles. The minimum absolute atomic E-state index is 0. The van der Waals surface area contributed by atoms with Crippen LogP contribution in [0.1, 0.15) is 34.6 Å². The third-order valence-corrected chi connectivity index (χ3v) is 6.17. The number of rotatable bonds is 6. The summed E-state index contributed by atoms with van der Waals surface area (Å²) in [4.78, 5) is 12.6. The Morgan fingerprint density at radius 3 is 2.82 bits per heavy atom. The lowest BCUT2D eigenvalue weighted by molar-refractivity contribution is 0.102. The molecule has 0 saturated heterocycles. The minimum atomic E-state index is -3.72. The summed E-state index contributed by atoms with van der Waals surface area (Å²) in [5.41, 5.74) is 2.46. The van der Waals surface area contributed by atoms with Crippen LogP contribution >= 0.6 is 12.4 Å². The molecule has 11 heteroatoms. The summed E-state index contributed by atoms with van der Waals surface area (Å²) in [5.74, 6) is -0.164. The van der Waals surface area contributed by atoms with Crippen molar-refractivity contribution in [1.82, 2.24) is 20.2 Å². The number of aromatic nitrogens is 2. The van der Waals surface area contributed by atoms with Crippen molar-refractivity contribution < 1.29 is 17.9 Å². The topological polar surface area (TPSA) is 125 Å². The first kappa shape index (κ1) is 20.6. The van der Waals surface area contributed by atoms with E-state index in [0.717, 1.165) is 37.1 Å². The Balaban J connectivity index is 0.00000225. The van der Waals surface area contributed by atoms with Gasteiger partial charge in [-0.2, -0.15) is 5.10 Å². The van der Waals surface area contributed by atoms with Gasteiger partial charge in [-0.3, -0.25) is 9.89 Å². The van der Waals surface area contributed by atoms with Gasteiger partial charge in [0.05, 0.1) is 7.11 Å². The molecule has 9 nitrogen and oxygen atoms in total. The Morgan fingerprint density at radius 1 is 1.32 bits per heavy atom. The monoisotopic (exact) mass is 427 g/mol. The average Bonchev–Trinajstić information content (AvgIpc) is 3.35. The molecular weight excluding hydrogens is 406 g/mol. The molecule has 4 N–H and O–H groups in total. The lowest BCUT2D eigenvalue weighted by Crippen LogP contribution is -2.26. The fourth-order valence-corrected chi connectivity index (χ4v) is 4.55. The average molecular weight is 428 g/mol.